The highest BCUT2D eigenvalue weighted by atomic mass is 31.2. The largest absolute Gasteiger partial charge is 0.475 e. The van der Waals surface area contributed by atoms with Crippen LogP contribution < -0.4 is 0 Å². The van der Waals surface area contributed by atoms with Crippen molar-refractivity contribution in [1.82, 2.24) is 0 Å². The molecule has 0 spiro atoms. The second-order valence-electron chi connectivity index (χ2n) is 7.78. The molecule has 0 bridgehead atoms. The van der Waals surface area contributed by atoms with Crippen LogP contribution >= 0.6 is 7.82 Å². The Morgan fingerprint density at radius 2 is 1.91 bits per heavy atom. The molecule has 32 heavy (non-hydrogen) atoms. The molecule has 0 aliphatic carbocycles. The number of phosphoric ester groups is 1. The van der Waals surface area contributed by atoms with Gasteiger partial charge in [0.1, 0.15) is 40.6 Å². The molecule has 0 amide bonds. The lowest BCUT2D eigenvalue weighted by molar-refractivity contribution is -0.148. The fourth-order valence-electron chi connectivity index (χ4n) is 3.84. The standard InChI is InChI=1S/C17H31B3NO10P/c1-9-11(28-16(18)13(9)27-10(2)22)8-26-32(23,25-6-5-21-3)31-14-12(7-24-4)29-17(19)15(14)30-20/h9,11-17H,5-8,18-20H2,1-2,4H3/t9?,11-,12-,13+,14?,15+,16-,17-,32?/m1/s1/i20TD. The molecule has 2 aliphatic heterocycles. The summed E-state index contributed by atoms with van der Waals surface area (Å²) >= 11 is 0. The summed E-state index contributed by atoms with van der Waals surface area (Å²) in [5.74, 6) is -0.687. The van der Waals surface area contributed by atoms with Crippen molar-refractivity contribution in [3.63, 3.8) is 0 Å². The number of carbonyl (C=O) groups is 1. The molecule has 11 nitrogen and oxygen atoms in total. The number of esters is 1. The van der Waals surface area contributed by atoms with Crippen molar-refractivity contribution in [2.75, 3.05) is 33.5 Å². The van der Waals surface area contributed by atoms with Gasteiger partial charge in [0.05, 0.1) is 37.4 Å². The van der Waals surface area contributed by atoms with E-state index in [9.17, 15) is 9.36 Å². The zero-order chi connectivity index (χ0) is 25.5. The monoisotopic (exact) mass is 476 g/mol. The fraction of sp³-hybridized carbons (Fsp3) is 0.882. The van der Waals surface area contributed by atoms with E-state index in [1.54, 1.807) is 15.7 Å². The van der Waals surface area contributed by atoms with Crippen LogP contribution in [0.25, 0.3) is 4.85 Å². The van der Waals surface area contributed by atoms with E-state index in [-0.39, 0.29) is 32.3 Å². The number of phosphoric acid groups is 1. The average Bonchev–Trinajstić information content (AvgIpc) is 3.17. The van der Waals surface area contributed by atoms with Gasteiger partial charge >= 0.3 is 13.8 Å². The van der Waals surface area contributed by atoms with E-state index in [0.29, 0.717) is 0 Å². The predicted molar refractivity (Wildman–Crippen MR) is 120 cm³/mol. The van der Waals surface area contributed by atoms with Crippen LogP contribution in [0.15, 0.2) is 0 Å². The maximum atomic E-state index is 13.6. The minimum absolute atomic E-state index is 0.0703. The highest BCUT2D eigenvalue weighted by molar-refractivity contribution is 7.48. The van der Waals surface area contributed by atoms with Crippen LogP contribution in [0.2, 0.25) is 0 Å². The molecular weight excluding hydrogens is 442 g/mol. The lowest BCUT2D eigenvalue weighted by Gasteiger charge is -2.28. The zero-order valence-corrected chi connectivity index (χ0v) is 19.9. The first kappa shape index (κ1) is 24.2. The van der Waals surface area contributed by atoms with Gasteiger partial charge in [-0.1, -0.05) is 6.92 Å². The molecule has 178 valence electrons. The van der Waals surface area contributed by atoms with Crippen molar-refractivity contribution in [2.24, 2.45) is 5.92 Å². The highest BCUT2D eigenvalue weighted by Gasteiger charge is 2.49. The molecule has 2 aliphatic rings. The third kappa shape index (κ3) is 7.05. The van der Waals surface area contributed by atoms with E-state index in [2.05, 4.69) is 4.85 Å². The van der Waals surface area contributed by atoms with Crippen LogP contribution in [0.1, 0.15) is 13.8 Å². The number of rotatable bonds is 13. The van der Waals surface area contributed by atoms with Gasteiger partial charge < -0.3 is 28.4 Å². The summed E-state index contributed by atoms with van der Waals surface area (Å²) in [6, 6.07) is -0.974. The summed E-state index contributed by atoms with van der Waals surface area (Å²) in [4.78, 5) is 14.6. The van der Waals surface area contributed by atoms with Gasteiger partial charge in [0.25, 0.3) is 7.98 Å². The Morgan fingerprint density at radius 3 is 2.53 bits per heavy atom. The number of ether oxygens (including phenoxy) is 4. The molecule has 9 atom stereocenters. The van der Waals surface area contributed by atoms with Crippen molar-refractivity contribution in [1.29, 1.82) is 2.67 Å². The highest BCUT2D eigenvalue weighted by Crippen LogP contribution is 2.53. The number of carbonyl (C=O) groups excluding carboxylic acids is 1. The molecular formula is C17H31B3NO10P. The van der Waals surface area contributed by atoms with Crippen LogP contribution in [0.4, 0.5) is 0 Å². The first-order valence-corrected chi connectivity index (χ1v) is 11.8. The molecule has 0 saturated carbocycles. The Morgan fingerprint density at radius 1 is 1.22 bits per heavy atom. The summed E-state index contributed by atoms with van der Waals surface area (Å²) in [6.45, 7) is 9.67. The minimum Gasteiger partial charge on any atom is -0.460 e. The van der Waals surface area contributed by atoms with Gasteiger partial charge in [0.15, 0.2) is 0 Å². The summed E-state index contributed by atoms with van der Waals surface area (Å²) < 4.78 is 72.6. The lowest BCUT2D eigenvalue weighted by atomic mass is 9.88. The van der Waals surface area contributed by atoms with E-state index >= 15 is 0 Å². The minimum atomic E-state index is -4.28. The van der Waals surface area contributed by atoms with Gasteiger partial charge in [-0.3, -0.25) is 18.4 Å². The van der Waals surface area contributed by atoms with Crippen molar-refractivity contribution < 1.29 is 46.5 Å². The average molecular weight is 476 g/mol. The molecule has 2 fully saturated rings. The molecule has 2 heterocycles. The van der Waals surface area contributed by atoms with Gasteiger partial charge in [-0.25, -0.2) is 11.1 Å². The second kappa shape index (κ2) is 12.5. The molecule has 2 rings (SSSR count). The maximum Gasteiger partial charge on any atom is 0.475 e. The fourth-order valence-corrected chi connectivity index (χ4v) is 5.22. The van der Waals surface area contributed by atoms with Gasteiger partial charge in [0, 0.05) is 22.6 Å². The first-order valence-electron chi connectivity index (χ1n) is 11.5. The van der Waals surface area contributed by atoms with Crippen molar-refractivity contribution in [2.45, 2.75) is 56.4 Å². The molecule has 0 N–H and O–H groups in total. The Kier molecular flexibility index (Phi) is 9.49. The third-order valence-electron chi connectivity index (χ3n) is 5.39. The molecule has 0 aromatic rings. The topological polar surface area (TPSA) is 112 Å². The van der Waals surface area contributed by atoms with E-state index in [1.165, 1.54) is 14.0 Å². The van der Waals surface area contributed by atoms with Crippen LogP contribution in [-0.4, -0.2) is 108 Å². The number of hydrogen-bond donors (Lipinski definition) is 0. The summed E-state index contributed by atoms with van der Waals surface area (Å²) in [5, 5.41) is 0. The predicted octanol–water partition coefficient (Wildman–Crippen LogP) is -1.70. The normalized spacial score (nSPS) is 37.2. The van der Waals surface area contributed by atoms with Gasteiger partial charge in [-0.05, 0) is 0 Å². The molecule has 15 heteroatoms. The van der Waals surface area contributed by atoms with E-state index in [4.69, 9.17) is 46.4 Å². The Bertz CT molecular complexity index is 766. The van der Waals surface area contributed by atoms with E-state index < -0.39 is 64.3 Å². The van der Waals surface area contributed by atoms with Crippen LogP contribution in [0.5, 0.6) is 0 Å². The van der Waals surface area contributed by atoms with Crippen molar-refractivity contribution in [3.8, 4) is 0 Å². The van der Waals surface area contributed by atoms with Crippen LogP contribution in [0.3, 0.4) is 0 Å². The van der Waals surface area contributed by atoms with Crippen LogP contribution in [0, 0.1) is 12.5 Å². The molecule has 3 unspecified atom stereocenters. The van der Waals surface area contributed by atoms with Crippen molar-refractivity contribution >= 4 is 37.5 Å². The second-order valence-corrected chi connectivity index (χ2v) is 9.40. The van der Waals surface area contributed by atoms with Gasteiger partial charge in [0.2, 0.25) is 6.54 Å². The van der Waals surface area contributed by atoms with Crippen molar-refractivity contribution in [3.05, 3.63) is 11.4 Å². The Hall–Kier alpha value is -0.895. The summed E-state index contributed by atoms with van der Waals surface area (Å²) in [7, 11) is -1.01. The summed E-state index contributed by atoms with van der Waals surface area (Å²) in [6.07, 6.45) is -3.71. The Labute approximate surface area is 194 Å². The summed E-state index contributed by atoms with van der Waals surface area (Å²) in [5.41, 5.74) is 0. The molecule has 0 radical (unpaired) electrons. The molecule has 0 aromatic heterocycles. The molecule has 2 saturated heterocycles. The van der Waals surface area contributed by atoms with E-state index in [1.807, 2.05) is 6.92 Å². The number of methoxy groups -OCH3 is 1. The third-order valence-corrected chi connectivity index (χ3v) is 6.86. The molecule has 0 aromatic carbocycles. The van der Waals surface area contributed by atoms with E-state index in [0.717, 1.165) is 0 Å². The smallest absolute Gasteiger partial charge is 0.460 e. The van der Waals surface area contributed by atoms with Crippen LogP contribution in [-0.2, 0) is 46.5 Å². The number of nitrogens with zero attached hydrogens (tertiary/aromatic N) is 1. The SMILES string of the molecule is [2H]B([3H])O[C@H]1C(OP(=O)(OCC[N+]#[C-])OC[C@H]2O[C@@H](B)[C@@H](OC(C)=O)C2C)[C@@H](COC)O[C@H]1B. The number of hydrogen-bond acceptors (Lipinski definition) is 10. The Balaban J connectivity index is 2.16. The van der Waals surface area contributed by atoms with Gasteiger partial charge in [-0.2, -0.15) is 0 Å². The lowest BCUT2D eigenvalue weighted by Crippen LogP contribution is -2.38. The van der Waals surface area contributed by atoms with Gasteiger partial charge in [-0.15, -0.1) is 0 Å². The first-order chi connectivity index (χ1) is 16.0. The maximum absolute atomic E-state index is 13.6. The zero-order valence-electron chi connectivity index (χ0n) is 21.0. The quantitative estimate of drug-likeness (QED) is 0.100.